The first-order chi connectivity index (χ1) is 15.5. The van der Waals surface area contributed by atoms with E-state index < -0.39 is 28.7 Å². The van der Waals surface area contributed by atoms with Crippen molar-refractivity contribution in [2.45, 2.75) is 55.8 Å². The second kappa shape index (κ2) is 8.90. The van der Waals surface area contributed by atoms with E-state index in [0.717, 1.165) is 30.0 Å². The Morgan fingerprint density at radius 3 is 2.70 bits per heavy atom. The molecule has 3 heterocycles. The van der Waals surface area contributed by atoms with E-state index >= 15 is 0 Å². The van der Waals surface area contributed by atoms with Gasteiger partial charge in [0.1, 0.15) is 11.4 Å². The molecule has 1 atom stereocenters. The number of aromatic nitrogens is 2. The first-order valence-corrected chi connectivity index (χ1v) is 11.7. The minimum atomic E-state index is -4.56. The Balaban J connectivity index is 1.67. The third kappa shape index (κ3) is 5.03. The zero-order chi connectivity index (χ0) is 24.0. The lowest BCUT2D eigenvalue weighted by atomic mass is 9.92. The Labute approximate surface area is 192 Å². The SMILES string of the molecule is CC1(C)SCc2c(N[C@@H]3CCCN(CC(F)F)C3)nnc(-c3ccc(C(F)(F)F)cc3O)c21. The van der Waals surface area contributed by atoms with E-state index in [1.165, 1.54) is 6.07 Å². The Kier molecular flexibility index (Phi) is 6.47. The largest absolute Gasteiger partial charge is 0.507 e. The van der Waals surface area contributed by atoms with Crippen LogP contribution in [-0.2, 0) is 16.7 Å². The molecule has 2 aliphatic rings. The van der Waals surface area contributed by atoms with E-state index in [-0.39, 0.29) is 18.2 Å². The summed E-state index contributed by atoms with van der Waals surface area (Å²) >= 11 is 1.64. The van der Waals surface area contributed by atoms with Crippen LogP contribution in [-0.4, -0.2) is 52.3 Å². The number of hydrogen-bond donors (Lipinski definition) is 2. The van der Waals surface area contributed by atoms with Crippen LogP contribution in [0.25, 0.3) is 11.3 Å². The predicted octanol–water partition coefficient (Wildman–Crippen LogP) is 5.49. The van der Waals surface area contributed by atoms with Gasteiger partial charge in [-0.25, -0.2) is 8.78 Å². The highest BCUT2D eigenvalue weighted by Gasteiger charge is 2.38. The van der Waals surface area contributed by atoms with E-state index in [0.29, 0.717) is 36.4 Å². The molecular weight excluding hydrogens is 463 g/mol. The average Bonchev–Trinajstić information content (AvgIpc) is 3.04. The molecule has 0 radical (unpaired) electrons. The molecule has 5 nitrogen and oxygen atoms in total. The summed E-state index contributed by atoms with van der Waals surface area (Å²) in [6.45, 7) is 4.81. The summed E-state index contributed by atoms with van der Waals surface area (Å²) in [7, 11) is 0. The summed E-state index contributed by atoms with van der Waals surface area (Å²) in [6, 6.07) is 2.78. The number of rotatable bonds is 5. The maximum Gasteiger partial charge on any atom is 0.416 e. The quantitative estimate of drug-likeness (QED) is 0.543. The van der Waals surface area contributed by atoms with Crippen LogP contribution in [0.4, 0.5) is 27.8 Å². The Morgan fingerprint density at radius 2 is 2.03 bits per heavy atom. The molecule has 1 aromatic heterocycles. The molecule has 0 saturated carbocycles. The predicted molar refractivity (Wildman–Crippen MR) is 118 cm³/mol. The van der Waals surface area contributed by atoms with Crippen molar-refractivity contribution in [3.05, 3.63) is 34.9 Å². The molecule has 1 fully saturated rings. The van der Waals surface area contributed by atoms with Crippen molar-refractivity contribution < 1.29 is 27.1 Å². The number of benzene rings is 1. The van der Waals surface area contributed by atoms with Crippen molar-refractivity contribution in [2.75, 3.05) is 25.0 Å². The Morgan fingerprint density at radius 1 is 1.27 bits per heavy atom. The number of nitrogens with zero attached hydrogens (tertiary/aromatic N) is 3. The minimum absolute atomic E-state index is 0.0602. The standard InChI is InChI=1S/C22H25F5N4OS/c1-21(2)18-15(11-33-21)20(28-13-4-3-7-31(9-13)10-17(23)24)30-29-19(18)14-6-5-12(8-16(14)32)22(25,26)27/h5-6,8,13,17,32H,3-4,7,9-11H2,1-2H3,(H,28,30)/t13-/m1/s1. The number of hydrogen-bond acceptors (Lipinski definition) is 6. The van der Waals surface area contributed by atoms with E-state index in [1.54, 1.807) is 16.7 Å². The summed E-state index contributed by atoms with van der Waals surface area (Å²) in [5.41, 5.74) is 1.28. The van der Waals surface area contributed by atoms with E-state index in [1.807, 2.05) is 13.8 Å². The molecule has 4 rings (SSSR count). The number of likely N-dealkylation sites (tertiary alicyclic amines) is 1. The van der Waals surface area contributed by atoms with E-state index in [4.69, 9.17) is 0 Å². The molecule has 180 valence electrons. The van der Waals surface area contributed by atoms with Crippen molar-refractivity contribution in [3.63, 3.8) is 0 Å². The number of halogens is 5. The minimum Gasteiger partial charge on any atom is -0.507 e. The first kappa shape index (κ1) is 24.0. The van der Waals surface area contributed by atoms with Gasteiger partial charge in [-0.15, -0.1) is 22.0 Å². The molecule has 0 aliphatic carbocycles. The van der Waals surface area contributed by atoms with Crippen LogP contribution >= 0.6 is 11.8 Å². The monoisotopic (exact) mass is 488 g/mol. The molecule has 33 heavy (non-hydrogen) atoms. The molecule has 11 heteroatoms. The molecule has 2 aromatic rings. The van der Waals surface area contributed by atoms with Gasteiger partial charge < -0.3 is 10.4 Å². The van der Waals surface area contributed by atoms with Crippen molar-refractivity contribution in [2.24, 2.45) is 0 Å². The molecule has 1 saturated heterocycles. The summed E-state index contributed by atoms with van der Waals surface area (Å²) in [4.78, 5) is 1.73. The molecule has 2 N–H and O–H groups in total. The third-order valence-electron chi connectivity index (χ3n) is 6.08. The van der Waals surface area contributed by atoms with Crippen LogP contribution in [0.15, 0.2) is 18.2 Å². The molecule has 0 bridgehead atoms. The highest BCUT2D eigenvalue weighted by molar-refractivity contribution is 7.99. The van der Waals surface area contributed by atoms with Gasteiger partial charge >= 0.3 is 6.18 Å². The van der Waals surface area contributed by atoms with Crippen LogP contribution in [0.2, 0.25) is 0 Å². The Hall–Kier alpha value is -2.14. The topological polar surface area (TPSA) is 61.3 Å². The van der Waals surface area contributed by atoms with Gasteiger partial charge in [0.25, 0.3) is 6.43 Å². The van der Waals surface area contributed by atoms with Gasteiger partial charge in [0.05, 0.1) is 12.1 Å². The average molecular weight is 489 g/mol. The number of alkyl halides is 5. The smallest absolute Gasteiger partial charge is 0.416 e. The van der Waals surface area contributed by atoms with Gasteiger partial charge in [0, 0.05) is 39.8 Å². The lowest BCUT2D eigenvalue weighted by Gasteiger charge is -2.33. The Bertz CT molecular complexity index is 1030. The summed E-state index contributed by atoms with van der Waals surface area (Å²) < 4.78 is 64.3. The highest BCUT2D eigenvalue weighted by atomic mass is 32.2. The van der Waals surface area contributed by atoms with Crippen molar-refractivity contribution in [3.8, 4) is 17.0 Å². The third-order valence-corrected chi connectivity index (χ3v) is 7.44. The summed E-state index contributed by atoms with van der Waals surface area (Å²) in [6.07, 6.45) is -5.35. The van der Waals surface area contributed by atoms with Crippen LogP contribution in [0.3, 0.4) is 0 Å². The van der Waals surface area contributed by atoms with Gasteiger partial charge in [-0.3, -0.25) is 4.90 Å². The molecule has 0 unspecified atom stereocenters. The zero-order valence-electron chi connectivity index (χ0n) is 18.2. The second-order valence-electron chi connectivity index (χ2n) is 8.91. The lowest BCUT2D eigenvalue weighted by Crippen LogP contribution is -2.44. The maximum absolute atomic E-state index is 13.0. The number of anilines is 1. The first-order valence-electron chi connectivity index (χ1n) is 10.7. The molecular formula is C22H25F5N4OS. The molecule has 1 aromatic carbocycles. The zero-order valence-corrected chi connectivity index (χ0v) is 19.0. The fraction of sp³-hybridized carbons (Fsp3) is 0.545. The molecule has 2 aliphatic heterocycles. The fourth-order valence-corrected chi connectivity index (χ4v) is 5.68. The van der Waals surface area contributed by atoms with Gasteiger partial charge in [0.2, 0.25) is 0 Å². The van der Waals surface area contributed by atoms with Crippen LogP contribution in [0, 0.1) is 0 Å². The number of aromatic hydroxyl groups is 1. The van der Waals surface area contributed by atoms with E-state index in [9.17, 15) is 27.1 Å². The van der Waals surface area contributed by atoms with Gasteiger partial charge in [-0.1, -0.05) is 0 Å². The van der Waals surface area contributed by atoms with E-state index in [2.05, 4.69) is 15.5 Å². The normalized spacial score (nSPS) is 20.8. The highest BCUT2D eigenvalue weighted by Crippen LogP contribution is 2.52. The van der Waals surface area contributed by atoms with Gasteiger partial charge in [-0.05, 0) is 51.4 Å². The number of fused-ring (bicyclic) bond motifs is 1. The number of nitrogens with one attached hydrogen (secondary N) is 1. The van der Waals surface area contributed by atoms with Crippen LogP contribution < -0.4 is 5.32 Å². The van der Waals surface area contributed by atoms with Crippen molar-refractivity contribution >= 4 is 17.6 Å². The fourth-order valence-electron chi connectivity index (χ4n) is 4.53. The van der Waals surface area contributed by atoms with Crippen LogP contribution in [0.5, 0.6) is 5.75 Å². The number of phenolic OH excluding ortho intramolecular Hbond substituents is 1. The van der Waals surface area contributed by atoms with Crippen molar-refractivity contribution in [1.29, 1.82) is 0 Å². The maximum atomic E-state index is 13.0. The number of piperidine rings is 1. The van der Waals surface area contributed by atoms with Gasteiger partial charge in [0.15, 0.2) is 5.82 Å². The summed E-state index contributed by atoms with van der Waals surface area (Å²) in [5.74, 6) is 0.661. The van der Waals surface area contributed by atoms with Crippen molar-refractivity contribution in [1.82, 2.24) is 15.1 Å². The van der Waals surface area contributed by atoms with Gasteiger partial charge in [-0.2, -0.15) is 13.2 Å². The molecule has 0 amide bonds. The second-order valence-corrected chi connectivity index (χ2v) is 10.5. The number of thioether (sulfide) groups is 1. The lowest BCUT2D eigenvalue weighted by molar-refractivity contribution is -0.137. The van der Waals surface area contributed by atoms with Crippen LogP contribution in [0.1, 0.15) is 43.4 Å². The molecule has 0 spiro atoms. The number of phenols is 1. The summed E-state index contributed by atoms with van der Waals surface area (Å²) in [5, 5.41) is 22.4.